The number of hydrogen-bond donors (Lipinski definition) is 2. The molecular weight excluding hydrogens is 364 g/mol. The van der Waals surface area contributed by atoms with E-state index in [4.69, 9.17) is 5.11 Å². The van der Waals surface area contributed by atoms with Crippen molar-refractivity contribution in [2.45, 2.75) is 0 Å². The fourth-order valence-corrected chi connectivity index (χ4v) is 3.42. The van der Waals surface area contributed by atoms with Crippen molar-refractivity contribution in [1.29, 1.82) is 0 Å². The minimum Gasteiger partial charge on any atom is -0.507 e. The van der Waals surface area contributed by atoms with Gasteiger partial charge in [0, 0.05) is 12.1 Å². The number of carbonyl (C=O) groups is 2. The number of nitrogens with zero attached hydrogens (tertiary/aromatic N) is 2. The number of phenolic OH excluding ortho intramolecular Hbond substituents is 1. The van der Waals surface area contributed by atoms with Crippen molar-refractivity contribution in [2.24, 2.45) is 4.99 Å². The molecule has 2 aromatic carbocycles. The number of phenols is 1. The Hall–Kier alpha value is -3.32. The summed E-state index contributed by atoms with van der Waals surface area (Å²) < 4.78 is 0. The molecule has 27 heavy (non-hydrogen) atoms. The van der Waals surface area contributed by atoms with Crippen molar-refractivity contribution in [2.75, 3.05) is 6.54 Å². The Balaban J connectivity index is 1.94. The van der Waals surface area contributed by atoms with Crippen LogP contribution in [-0.4, -0.2) is 38.7 Å². The van der Waals surface area contributed by atoms with E-state index in [1.54, 1.807) is 48.6 Å². The molecule has 2 aromatic rings. The first kappa shape index (κ1) is 18.5. The number of carboxylic acid groups (broad SMARTS) is 1. The lowest BCUT2D eigenvalue weighted by Gasteiger charge is -2.12. The zero-order valence-electron chi connectivity index (χ0n) is 14.2. The van der Waals surface area contributed by atoms with Crippen LogP contribution in [0.25, 0.3) is 6.08 Å². The molecule has 0 radical (unpaired) electrons. The Labute approximate surface area is 160 Å². The van der Waals surface area contributed by atoms with Gasteiger partial charge in [0.25, 0.3) is 5.91 Å². The maximum atomic E-state index is 12.7. The van der Waals surface area contributed by atoms with Gasteiger partial charge in [0.1, 0.15) is 5.75 Å². The van der Waals surface area contributed by atoms with E-state index < -0.39 is 5.97 Å². The van der Waals surface area contributed by atoms with Crippen LogP contribution in [0.5, 0.6) is 5.75 Å². The van der Waals surface area contributed by atoms with Crippen molar-refractivity contribution >= 4 is 40.6 Å². The quantitative estimate of drug-likeness (QED) is 0.607. The fraction of sp³-hybridized carbons (Fsp3) is 0.0500. The summed E-state index contributed by atoms with van der Waals surface area (Å²) in [7, 11) is 0. The van der Waals surface area contributed by atoms with Gasteiger partial charge in [0.05, 0.1) is 16.2 Å². The maximum absolute atomic E-state index is 12.7. The van der Waals surface area contributed by atoms with E-state index in [2.05, 4.69) is 11.6 Å². The number of carboxylic acids is 1. The Morgan fingerprint density at radius 1 is 1.19 bits per heavy atom. The van der Waals surface area contributed by atoms with Gasteiger partial charge in [0.15, 0.2) is 5.17 Å². The van der Waals surface area contributed by atoms with Crippen LogP contribution < -0.4 is 0 Å². The summed E-state index contributed by atoms with van der Waals surface area (Å²) in [6.45, 7) is 3.96. The lowest BCUT2D eigenvalue weighted by molar-refractivity contribution is -0.121. The van der Waals surface area contributed by atoms with Gasteiger partial charge >= 0.3 is 5.97 Å². The normalized spacial score (nSPS) is 16.9. The maximum Gasteiger partial charge on any atom is 0.335 e. The number of aromatic hydroxyl groups is 1. The van der Waals surface area contributed by atoms with Crippen LogP contribution in [0.1, 0.15) is 15.9 Å². The second kappa shape index (κ2) is 7.92. The number of amidine groups is 1. The molecule has 0 aromatic heterocycles. The summed E-state index contributed by atoms with van der Waals surface area (Å²) in [6, 6.07) is 12.8. The van der Waals surface area contributed by atoms with Crippen LogP contribution in [0.15, 0.2) is 71.1 Å². The summed E-state index contributed by atoms with van der Waals surface area (Å²) in [5.74, 6) is -1.16. The molecule has 3 rings (SSSR count). The lowest BCUT2D eigenvalue weighted by Crippen LogP contribution is -2.29. The second-order valence-corrected chi connectivity index (χ2v) is 6.63. The monoisotopic (exact) mass is 380 g/mol. The highest BCUT2D eigenvalue weighted by molar-refractivity contribution is 8.18. The third kappa shape index (κ3) is 4.09. The predicted molar refractivity (Wildman–Crippen MR) is 106 cm³/mol. The highest BCUT2D eigenvalue weighted by Gasteiger charge is 2.32. The summed E-state index contributed by atoms with van der Waals surface area (Å²) >= 11 is 1.19. The first-order valence-electron chi connectivity index (χ1n) is 8.02. The van der Waals surface area contributed by atoms with Gasteiger partial charge in [-0.1, -0.05) is 24.3 Å². The van der Waals surface area contributed by atoms with Gasteiger partial charge in [-0.3, -0.25) is 9.69 Å². The standard InChI is InChI=1S/C20H16N2O4S/c1-2-11-22-18(24)17(12-14-5-3-4-6-16(14)23)27-20(22)21-15-9-7-13(8-10-15)19(25)26/h2-10,12,23H,1,11H2,(H,25,26)/b17-12-,21-20?. The molecular formula is C20H16N2O4S. The molecule has 2 N–H and O–H groups in total. The first-order chi connectivity index (χ1) is 13.0. The number of amides is 1. The lowest BCUT2D eigenvalue weighted by atomic mass is 10.2. The summed E-state index contributed by atoms with van der Waals surface area (Å²) in [5, 5.41) is 19.4. The van der Waals surface area contributed by atoms with Crippen molar-refractivity contribution in [3.63, 3.8) is 0 Å². The minimum atomic E-state index is -1.01. The summed E-state index contributed by atoms with van der Waals surface area (Å²) in [4.78, 5) is 30.0. The van der Waals surface area contributed by atoms with Crippen LogP contribution in [0.2, 0.25) is 0 Å². The minimum absolute atomic E-state index is 0.0864. The van der Waals surface area contributed by atoms with Gasteiger partial charge in [-0.25, -0.2) is 9.79 Å². The zero-order valence-corrected chi connectivity index (χ0v) is 15.0. The Morgan fingerprint density at radius 2 is 1.89 bits per heavy atom. The van der Waals surface area contributed by atoms with E-state index in [-0.39, 0.29) is 23.8 Å². The molecule has 0 saturated carbocycles. The number of aromatic carboxylic acids is 1. The molecule has 136 valence electrons. The average molecular weight is 380 g/mol. The van der Waals surface area contributed by atoms with E-state index >= 15 is 0 Å². The molecule has 0 unspecified atom stereocenters. The number of para-hydroxylation sites is 1. The summed E-state index contributed by atoms with van der Waals surface area (Å²) in [6.07, 6.45) is 3.22. The molecule has 0 spiro atoms. The van der Waals surface area contributed by atoms with Crippen molar-refractivity contribution in [1.82, 2.24) is 4.90 Å². The van der Waals surface area contributed by atoms with Gasteiger partial charge in [0.2, 0.25) is 0 Å². The van der Waals surface area contributed by atoms with E-state index in [0.717, 1.165) is 0 Å². The molecule has 1 amide bonds. The van der Waals surface area contributed by atoms with E-state index in [9.17, 15) is 14.7 Å². The number of hydrogen-bond acceptors (Lipinski definition) is 5. The van der Waals surface area contributed by atoms with Gasteiger partial charge in [-0.2, -0.15) is 0 Å². The van der Waals surface area contributed by atoms with E-state index in [1.165, 1.54) is 28.8 Å². The van der Waals surface area contributed by atoms with Crippen molar-refractivity contribution in [3.05, 3.63) is 77.2 Å². The molecule has 1 fully saturated rings. The number of thioether (sulfide) groups is 1. The molecule has 7 heteroatoms. The van der Waals surface area contributed by atoms with Crippen LogP contribution >= 0.6 is 11.8 Å². The number of carbonyl (C=O) groups excluding carboxylic acids is 1. The largest absolute Gasteiger partial charge is 0.507 e. The highest BCUT2D eigenvalue weighted by atomic mass is 32.2. The van der Waals surface area contributed by atoms with Crippen LogP contribution in [0.4, 0.5) is 5.69 Å². The third-order valence-electron chi connectivity index (χ3n) is 3.76. The SMILES string of the molecule is C=CCN1C(=O)/C(=C/c2ccccc2O)SC1=Nc1ccc(C(=O)O)cc1. The summed E-state index contributed by atoms with van der Waals surface area (Å²) in [5.41, 5.74) is 1.24. The van der Waals surface area contributed by atoms with Gasteiger partial charge < -0.3 is 10.2 Å². The molecule has 1 saturated heterocycles. The third-order valence-corrected chi connectivity index (χ3v) is 4.77. The van der Waals surface area contributed by atoms with Gasteiger partial charge in [-0.15, -0.1) is 6.58 Å². The molecule has 6 nitrogen and oxygen atoms in total. The molecule has 1 heterocycles. The molecule has 0 atom stereocenters. The Kier molecular flexibility index (Phi) is 5.42. The second-order valence-electron chi connectivity index (χ2n) is 5.62. The molecule has 1 aliphatic rings. The fourth-order valence-electron chi connectivity index (χ4n) is 2.42. The smallest absolute Gasteiger partial charge is 0.335 e. The van der Waals surface area contributed by atoms with Crippen molar-refractivity contribution < 1.29 is 19.8 Å². The van der Waals surface area contributed by atoms with E-state index in [0.29, 0.717) is 21.3 Å². The number of aliphatic imine (C=N–C) groups is 1. The number of benzene rings is 2. The predicted octanol–water partition coefficient (Wildman–Crippen LogP) is 3.88. The first-order valence-corrected chi connectivity index (χ1v) is 8.83. The van der Waals surface area contributed by atoms with Crippen molar-refractivity contribution in [3.8, 4) is 5.75 Å². The molecule has 0 bridgehead atoms. The van der Waals surface area contributed by atoms with Gasteiger partial charge in [-0.05, 0) is 48.2 Å². The zero-order chi connectivity index (χ0) is 19.4. The Bertz CT molecular complexity index is 964. The van der Waals surface area contributed by atoms with Crippen LogP contribution in [0, 0.1) is 0 Å². The topological polar surface area (TPSA) is 90.2 Å². The Morgan fingerprint density at radius 3 is 2.52 bits per heavy atom. The van der Waals surface area contributed by atoms with E-state index in [1.807, 2.05) is 0 Å². The highest BCUT2D eigenvalue weighted by Crippen LogP contribution is 2.35. The van der Waals surface area contributed by atoms with Crippen LogP contribution in [-0.2, 0) is 4.79 Å². The van der Waals surface area contributed by atoms with Crippen LogP contribution in [0.3, 0.4) is 0 Å². The number of rotatable bonds is 5. The average Bonchev–Trinajstić information content (AvgIpc) is 2.93. The molecule has 0 aliphatic carbocycles. The molecule has 1 aliphatic heterocycles.